The van der Waals surface area contributed by atoms with Gasteiger partial charge in [-0.15, -0.1) is 0 Å². The summed E-state index contributed by atoms with van der Waals surface area (Å²) in [5.74, 6) is 1.33. The Hall–Kier alpha value is -2.65. The number of furan rings is 1. The number of halogens is 1. The number of pyridine rings is 1. The Morgan fingerprint density at radius 2 is 2.26 bits per heavy atom. The largest absolute Gasteiger partial charge is 0.463 e. The van der Waals surface area contributed by atoms with E-state index < -0.39 is 0 Å². The Morgan fingerprint density at radius 1 is 1.41 bits per heavy atom. The van der Waals surface area contributed by atoms with Crippen molar-refractivity contribution in [2.75, 3.05) is 18.0 Å². The number of anilines is 1. The van der Waals surface area contributed by atoms with Gasteiger partial charge in [0.05, 0.1) is 22.3 Å². The Labute approximate surface area is 162 Å². The molecule has 0 amide bonds. The maximum absolute atomic E-state index is 5.97. The first-order valence-corrected chi connectivity index (χ1v) is 9.51. The van der Waals surface area contributed by atoms with Crippen LogP contribution >= 0.6 is 15.9 Å². The highest BCUT2D eigenvalue weighted by Gasteiger charge is 2.29. The van der Waals surface area contributed by atoms with E-state index in [9.17, 15) is 0 Å². The van der Waals surface area contributed by atoms with Crippen LogP contribution in [0.4, 0.5) is 5.82 Å². The molecule has 0 saturated carbocycles. The number of nitrogens with one attached hydrogen (secondary N) is 1. The molecule has 0 atom stereocenters. The molecule has 4 aromatic rings. The summed E-state index contributed by atoms with van der Waals surface area (Å²) in [6.07, 6.45) is 4.08. The quantitative estimate of drug-likeness (QED) is 0.512. The monoisotopic (exact) mass is 428 g/mol. The van der Waals surface area contributed by atoms with Gasteiger partial charge < -0.3 is 24.8 Å². The Morgan fingerprint density at radius 3 is 3.04 bits per heavy atom. The molecule has 9 heteroatoms. The second kappa shape index (κ2) is 6.21. The lowest BCUT2D eigenvalue weighted by Gasteiger charge is -2.38. The first-order chi connectivity index (χ1) is 13.1. The summed E-state index contributed by atoms with van der Waals surface area (Å²) in [7, 11) is 0. The smallest absolute Gasteiger partial charge is 0.326 e. The van der Waals surface area contributed by atoms with Crippen molar-refractivity contribution in [3.8, 4) is 11.8 Å². The van der Waals surface area contributed by atoms with Gasteiger partial charge in [0.1, 0.15) is 17.0 Å². The van der Waals surface area contributed by atoms with Gasteiger partial charge in [-0.1, -0.05) is 6.92 Å². The molecule has 3 N–H and O–H groups in total. The number of ether oxygens (including phenoxy) is 1. The summed E-state index contributed by atoms with van der Waals surface area (Å²) in [5.41, 5.74) is 9.19. The molecule has 0 aromatic carbocycles. The van der Waals surface area contributed by atoms with Gasteiger partial charge in [0, 0.05) is 37.0 Å². The van der Waals surface area contributed by atoms with E-state index in [-0.39, 0.29) is 12.1 Å². The zero-order valence-corrected chi connectivity index (χ0v) is 16.2. The summed E-state index contributed by atoms with van der Waals surface area (Å²) in [4.78, 5) is 19.0. The number of aromatic nitrogens is 4. The lowest BCUT2D eigenvalue weighted by atomic mass is 10.1. The van der Waals surface area contributed by atoms with Crippen molar-refractivity contribution in [3.63, 3.8) is 0 Å². The van der Waals surface area contributed by atoms with Crippen molar-refractivity contribution in [1.82, 2.24) is 19.9 Å². The van der Waals surface area contributed by atoms with Crippen LogP contribution in [-0.4, -0.2) is 39.1 Å². The third-order valence-electron chi connectivity index (χ3n) is 4.67. The van der Waals surface area contributed by atoms with Gasteiger partial charge >= 0.3 is 6.01 Å². The fraction of sp³-hybridized carbons (Fsp3) is 0.278. The summed E-state index contributed by atoms with van der Waals surface area (Å²) in [6, 6.07) is 3.99. The SMILES string of the molecule is CCc1[nH]c2nc(Oc3cnc4ccoc4c3)nc(N3CC(N)C3)c2c1Br. The van der Waals surface area contributed by atoms with Gasteiger partial charge in [-0.25, -0.2) is 4.98 Å². The van der Waals surface area contributed by atoms with E-state index in [0.29, 0.717) is 11.3 Å². The minimum absolute atomic E-state index is 0.160. The van der Waals surface area contributed by atoms with Crippen LogP contribution < -0.4 is 15.4 Å². The van der Waals surface area contributed by atoms with Crippen LogP contribution in [0.5, 0.6) is 11.8 Å². The Balaban J connectivity index is 1.59. The van der Waals surface area contributed by atoms with Crippen molar-refractivity contribution in [3.05, 3.63) is 34.8 Å². The summed E-state index contributed by atoms with van der Waals surface area (Å²) in [5, 5.41) is 0.950. The van der Waals surface area contributed by atoms with E-state index in [4.69, 9.17) is 14.9 Å². The number of nitrogens with zero attached hydrogens (tertiary/aromatic N) is 4. The molecular weight excluding hydrogens is 412 g/mol. The van der Waals surface area contributed by atoms with Crippen LogP contribution in [0.3, 0.4) is 0 Å². The van der Waals surface area contributed by atoms with Crippen molar-refractivity contribution in [1.29, 1.82) is 0 Å². The Bertz CT molecular complexity index is 1150. The average molecular weight is 429 g/mol. The van der Waals surface area contributed by atoms with E-state index >= 15 is 0 Å². The molecule has 5 rings (SSSR count). The number of H-pyrrole nitrogens is 1. The molecule has 1 aliphatic heterocycles. The third kappa shape index (κ3) is 2.74. The number of aromatic amines is 1. The molecule has 1 saturated heterocycles. The zero-order chi connectivity index (χ0) is 18.5. The van der Waals surface area contributed by atoms with Crippen molar-refractivity contribution in [2.45, 2.75) is 19.4 Å². The van der Waals surface area contributed by atoms with Gasteiger partial charge in [0.2, 0.25) is 0 Å². The fourth-order valence-corrected chi connectivity index (χ4v) is 4.01. The molecule has 0 aliphatic carbocycles. The molecule has 138 valence electrons. The average Bonchev–Trinajstić information content (AvgIpc) is 3.22. The Kier molecular flexibility index (Phi) is 3.80. The summed E-state index contributed by atoms with van der Waals surface area (Å²) in [6.45, 7) is 3.60. The predicted molar refractivity (Wildman–Crippen MR) is 105 cm³/mol. The first-order valence-electron chi connectivity index (χ1n) is 8.72. The van der Waals surface area contributed by atoms with Gasteiger partial charge in [0.15, 0.2) is 11.3 Å². The molecular formula is C18H17BrN6O2. The zero-order valence-electron chi connectivity index (χ0n) is 14.6. The molecule has 0 bridgehead atoms. The molecule has 1 aliphatic rings. The second-order valence-electron chi connectivity index (χ2n) is 6.57. The van der Waals surface area contributed by atoms with Crippen LogP contribution in [0.25, 0.3) is 22.1 Å². The summed E-state index contributed by atoms with van der Waals surface area (Å²) >= 11 is 3.68. The molecule has 1 fully saturated rings. The maximum Gasteiger partial charge on any atom is 0.326 e. The van der Waals surface area contributed by atoms with Crippen molar-refractivity contribution < 1.29 is 9.15 Å². The van der Waals surface area contributed by atoms with E-state index in [1.807, 2.05) is 0 Å². The van der Waals surface area contributed by atoms with Crippen LogP contribution in [-0.2, 0) is 6.42 Å². The predicted octanol–water partition coefficient (Wildman–Crippen LogP) is 3.36. The molecule has 8 nitrogen and oxygen atoms in total. The van der Waals surface area contributed by atoms with Crippen LogP contribution in [0.1, 0.15) is 12.6 Å². The first kappa shape index (κ1) is 16.5. The van der Waals surface area contributed by atoms with Crippen molar-refractivity contribution in [2.24, 2.45) is 5.73 Å². The van der Waals surface area contributed by atoms with Gasteiger partial charge in [-0.3, -0.25) is 0 Å². The standard InChI is InChI=1S/C18H17BrN6O2/c1-2-11-15(19)14-16(22-11)23-18(24-17(14)25-7-9(20)8-25)27-10-5-13-12(21-6-10)3-4-26-13/h3-6,9H,2,7-8,20H2,1H3,(H,22,23,24). The molecule has 0 unspecified atom stereocenters. The third-order valence-corrected chi connectivity index (χ3v) is 5.55. The lowest BCUT2D eigenvalue weighted by molar-refractivity contribution is 0.438. The number of nitrogens with two attached hydrogens (primary N) is 1. The van der Waals surface area contributed by atoms with Crippen LogP contribution in [0.2, 0.25) is 0 Å². The lowest BCUT2D eigenvalue weighted by Crippen LogP contribution is -2.56. The number of rotatable bonds is 4. The minimum atomic E-state index is 0.160. The molecule has 27 heavy (non-hydrogen) atoms. The van der Waals surface area contributed by atoms with Gasteiger partial charge in [0.25, 0.3) is 0 Å². The van der Waals surface area contributed by atoms with Crippen molar-refractivity contribution >= 4 is 43.9 Å². The highest BCUT2D eigenvalue weighted by molar-refractivity contribution is 9.10. The van der Waals surface area contributed by atoms with Gasteiger partial charge in [-0.05, 0) is 22.4 Å². The molecule has 0 spiro atoms. The van der Waals surface area contributed by atoms with E-state index in [1.165, 1.54) is 0 Å². The van der Waals surface area contributed by atoms with E-state index in [2.05, 4.69) is 47.7 Å². The summed E-state index contributed by atoms with van der Waals surface area (Å²) < 4.78 is 12.3. The number of hydrogen-bond acceptors (Lipinski definition) is 7. The second-order valence-corrected chi connectivity index (χ2v) is 7.36. The fourth-order valence-electron chi connectivity index (χ4n) is 3.26. The topological polar surface area (TPSA) is 106 Å². The van der Waals surface area contributed by atoms with Gasteiger partial charge in [-0.2, -0.15) is 9.97 Å². The number of fused-ring (bicyclic) bond motifs is 2. The van der Waals surface area contributed by atoms with Crippen LogP contribution in [0.15, 0.2) is 33.5 Å². The highest BCUT2D eigenvalue weighted by atomic mass is 79.9. The van der Waals surface area contributed by atoms with Crippen LogP contribution in [0, 0.1) is 0 Å². The molecule has 5 heterocycles. The van der Waals surface area contributed by atoms with E-state index in [1.54, 1.807) is 24.6 Å². The highest BCUT2D eigenvalue weighted by Crippen LogP contribution is 2.37. The normalized spacial score (nSPS) is 14.9. The molecule has 0 radical (unpaired) electrons. The maximum atomic E-state index is 5.97. The minimum Gasteiger partial charge on any atom is -0.463 e. The molecule has 4 aromatic heterocycles. The number of hydrogen-bond donors (Lipinski definition) is 2. The van der Waals surface area contributed by atoms with E-state index in [0.717, 1.165) is 52.0 Å². The number of aryl methyl sites for hydroxylation is 1.